The number of rotatable bonds is 8. The summed E-state index contributed by atoms with van der Waals surface area (Å²) in [5.41, 5.74) is 1.96. The minimum Gasteiger partial charge on any atom is -0.481 e. The summed E-state index contributed by atoms with van der Waals surface area (Å²) in [7, 11) is 3.69. The molecule has 180 valence electrons. The highest BCUT2D eigenvalue weighted by atomic mass is 16.5. The smallest absolute Gasteiger partial charge is 0.230 e. The largest absolute Gasteiger partial charge is 0.481 e. The van der Waals surface area contributed by atoms with Crippen LogP contribution < -0.4 is 15.0 Å². The molecular weight excluding hydrogens is 432 g/mol. The number of fused-ring (bicyclic) bond motifs is 2. The average molecular weight is 465 g/mol. The molecule has 3 aromatic rings. The van der Waals surface area contributed by atoms with Gasteiger partial charge < -0.3 is 20.1 Å². The lowest BCUT2D eigenvalue weighted by Gasteiger charge is -2.50. The molecule has 2 fully saturated rings. The van der Waals surface area contributed by atoms with Crippen molar-refractivity contribution in [1.29, 1.82) is 0 Å². The first-order valence-corrected chi connectivity index (χ1v) is 11.9. The molecule has 0 aromatic carbocycles. The molecule has 3 N–H and O–H groups in total. The van der Waals surface area contributed by atoms with E-state index in [9.17, 15) is 5.11 Å². The summed E-state index contributed by atoms with van der Waals surface area (Å²) in [5, 5.41) is 19.4. The predicted octanol–water partition coefficient (Wildman–Crippen LogP) is 2.86. The molecule has 3 aromatic heterocycles. The van der Waals surface area contributed by atoms with Gasteiger partial charge in [-0.1, -0.05) is 6.42 Å². The van der Waals surface area contributed by atoms with Gasteiger partial charge in [0.2, 0.25) is 11.8 Å². The number of ether oxygens (including phenoxy) is 1. The molecule has 10 nitrogen and oxygen atoms in total. The van der Waals surface area contributed by atoms with E-state index in [0.717, 1.165) is 19.4 Å². The van der Waals surface area contributed by atoms with E-state index in [2.05, 4.69) is 54.5 Å². The topological polar surface area (TPSA) is 115 Å². The van der Waals surface area contributed by atoms with Gasteiger partial charge >= 0.3 is 0 Å². The Hall–Kier alpha value is -3.24. The van der Waals surface area contributed by atoms with E-state index >= 15 is 0 Å². The number of piperidine rings is 2. The summed E-state index contributed by atoms with van der Waals surface area (Å²) in [6, 6.07) is 9.20. The molecule has 0 unspecified atom stereocenters. The van der Waals surface area contributed by atoms with Crippen LogP contribution in [0.25, 0.3) is 0 Å². The lowest BCUT2D eigenvalue weighted by molar-refractivity contribution is 0.0234. The van der Waals surface area contributed by atoms with Crippen LogP contribution in [0, 0.1) is 0 Å². The zero-order valence-electron chi connectivity index (χ0n) is 19.7. The second kappa shape index (κ2) is 9.94. The van der Waals surface area contributed by atoms with E-state index in [4.69, 9.17) is 9.72 Å². The third-order valence-corrected chi connectivity index (χ3v) is 7.04. The van der Waals surface area contributed by atoms with Crippen LogP contribution in [-0.2, 0) is 13.2 Å². The fraction of sp³-hybridized carbons (Fsp3) is 0.500. The monoisotopic (exact) mass is 464 g/mol. The van der Waals surface area contributed by atoms with Gasteiger partial charge in [0, 0.05) is 56.2 Å². The number of nitrogens with one attached hydrogen (secondary N) is 2. The lowest BCUT2D eigenvalue weighted by atomic mass is 9.81. The van der Waals surface area contributed by atoms with Gasteiger partial charge in [0.15, 0.2) is 5.82 Å². The van der Waals surface area contributed by atoms with Crippen molar-refractivity contribution < 1.29 is 9.84 Å². The number of aromatic amines is 1. The minimum absolute atomic E-state index is 0.0993. The molecule has 2 saturated heterocycles. The maximum absolute atomic E-state index is 9.27. The van der Waals surface area contributed by atoms with Gasteiger partial charge in [-0.2, -0.15) is 15.1 Å². The SMILES string of the molecule is COc1cc(Nc2cc(CO)[nH]n2)nc(N(C)[C@@H]2C[C@H]3CCC[C@@H](C2)N3Cc2ccncc2)n1. The molecule has 0 aliphatic carbocycles. The predicted molar refractivity (Wildman–Crippen MR) is 129 cm³/mol. The van der Waals surface area contributed by atoms with Gasteiger partial charge in [-0.25, -0.2) is 0 Å². The van der Waals surface area contributed by atoms with Crippen molar-refractivity contribution in [3.8, 4) is 5.88 Å². The van der Waals surface area contributed by atoms with Gasteiger partial charge in [0.05, 0.1) is 19.4 Å². The summed E-state index contributed by atoms with van der Waals surface area (Å²) in [5.74, 6) is 2.30. The Balaban J connectivity index is 1.32. The van der Waals surface area contributed by atoms with Crippen LogP contribution in [-0.4, -0.2) is 67.4 Å². The zero-order valence-corrected chi connectivity index (χ0v) is 19.7. The molecule has 2 aliphatic heterocycles. The molecule has 0 radical (unpaired) electrons. The molecular formula is C24H32N8O2. The van der Waals surface area contributed by atoms with Gasteiger partial charge in [-0.05, 0) is 43.4 Å². The van der Waals surface area contributed by atoms with Gasteiger partial charge in [-0.3, -0.25) is 15.0 Å². The highest BCUT2D eigenvalue weighted by molar-refractivity contribution is 5.55. The Labute approximate surface area is 199 Å². The molecule has 2 bridgehead atoms. The molecule has 0 spiro atoms. The third kappa shape index (κ3) is 4.83. The fourth-order valence-electron chi connectivity index (χ4n) is 5.26. The molecule has 34 heavy (non-hydrogen) atoms. The second-order valence-electron chi connectivity index (χ2n) is 9.16. The van der Waals surface area contributed by atoms with E-state index in [-0.39, 0.29) is 6.61 Å². The van der Waals surface area contributed by atoms with Crippen LogP contribution in [0.1, 0.15) is 43.4 Å². The first-order valence-electron chi connectivity index (χ1n) is 11.9. The van der Waals surface area contributed by atoms with Crippen molar-refractivity contribution in [1.82, 2.24) is 30.0 Å². The van der Waals surface area contributed by atoms with Crippen molar-refractivity contribution in [2.45, 2.75) is 63.4 Å². The Morgan fingerprint density at radius 3 is 2.59 bits per heavy atom. The standard InChI is InChI=1S/C24H32N8O2/c1-31(24-27-21(13-23(28-24)34-2)26-22-10-17(15-33)29-30-22)20-11-18-4-3-5-19(12-20)32(18)14-16-6-8-25-9-7-16/h6-10,13,18-20,33H,3-5,11-12,14-15H2,1-2H3,(H2,26,27,28,29,30)/t18-,19+,20-. The molecule has 10 heteroatoms. The van der Waals surface area contributed by atoms with Crippen LogP contribution in [0.2, 0.25) is 0 Å². The van der Waals surface area contributed by atoms with E-state index in [1.165, 1.54) is 24.8 Å². The number of methoxy groups -OCH3 is 1. The van der Waals surface area contributed by atoms with E-state index < -0.39 is 0 Å². The summed E-state index contributed by atoms with van der Waals surface area (Å²) in [4.78, 5) is 18.4. The number of aromatic nitrogens is 5. The normalized spacial score (nSPS) is 22.4. The maximum atomic E-state index is 9.27. The quantitative estimate of drug-likeness (QED) is 0.463. The van der Waals surface area contributed by atoms with Crippen molar-refractivity contribution in [3.63, 3.8) is 0 Å². The Morgan fingerprint density at radius 1 is 1.15 bits per heavy atom. The molecule has 0 amide bonds. The maximum Gasteiger partial charge on any atom is 0.230 e. The van der Waals surface area contributed by atoms with Crippen LogP contribution in [0.3, 0.4) is 0 Å². The van der Waals surface area contributed by atoms with Crippen LogP contribution in [0.4, 0.5) is 17.6 Å². The molecule has 3 atom stereocenters. The first kappa shape index (κ1) is 22.5. The lowest BCUT2D eigenvalue weighted by Crippen LogP contribution is -2.56. The van der Waals surface area contributed by atoms with Crippen LogP contribution >= 0.6 is 0 Å². The van der Waals surface area contributed by atoms with E-state index in [0.29, 0.717) is 47.3 Å². The number of aliphatic hydroxyl groups is 1. The van der Waals surface area contributed by atoms with Crippen molar-refractivity contribution in [3.05, 3.63) is 47.9 Å². The third-order valence-electron chi connectivity index (χ3n) is 7.04. The fourth-order valence-corrected chi connectivity index (χ4v) is 5.26. The van der Waals surface area contributed by atoms with Gasteiger partial charge in [0.1, 0.15) is 5.82 Å². The number of anilines is 3. The molecule has 0 saturated carbocycles. The van der Waals surface area contributed by atoms with E-state index in [1.807, 2.05) is 12.4 Å². The Morgan fingerprint density at radius 2 is 1.91 bits per heavy atom. The van der Waals surface area contributed by atoms with Gasteiger partial charge in [-0.15, -0.1) is 0 Å². The molecule has 5 rings (SSSR count). The van der Waals surface area contributed by atoms with Gasteiger partial charge in [0.25, 0.3) is 0 Å². The van der Waals surface area contributed by atoms with Crippen molar-refractivity contribution >= 4 is 17.6 Å². The first-order chi connectivity index (χ1) is 16.6. The van der Waals surface area contributed by atoms with E-state index in [1.54, 1.807) is 19.2 Å². The Bertz CT molecular complexity index is 1080. The molecule has 5 heterocycles. The minimum atomic E-state index is -0.0993. The number of hydrogen-bond acceptors (Lipinski definition) is 9. The number of hydrogen-bond donors (Lipinski definition) is 3. The second-order valence-corrected chi connectivity index (χ2v) is 9.16. The number of aliphatic hydroxyl groups excluding tert-OH is 1. The van der Waals surface area contributed by atoms with Crippen LogP contribution in [0.15, 0.2) is 36.7 Å². The van der Waals surface area contributed by atoms with Crippen molar-refractivity contribution in [2.75, 3.05) is 24.4 Å². The average Bonchev–Trinajstić information content (AvgIpc) is 3.31. The molecule has 2 aliphatic rings. The highest BCUT2D eigenvalue weighted by Gasteiger charge is 2.40. The Kier molecular flexibility index (Phi) is 6.59. The highest BCUT2D eigenvalue weighted by Crippen LogP contribution is 2.37. The summed E-state index contributed by atoms with van der Waals surface area (Å²) in [6.45, 7) is 0.884. The number of H-pyrrole nitrogens is 1. The number of pyridine rings is 1. The van der Waals surface area contributed by atoms with Crippen molar-refractivity contribution in [2.24, 2.45) is 0 Å². The summed E-state index contributed by atoms with van der Waals surface area (Å²) >= 11 is 0. The number of nitrogens with zero attached hydrogens (tertiary/aromatic N) is 6. The summed E-state index contributed by atoms with van der Waals surface area (Å²) in [6.07, 6.45) is 9.67. The zero-order chi connectivity index (χ0) is 23.5. The van der Waals surface area contributed by atoms with Crippen LogP contribution in [0.5, 0.6) is 5.88 Å². The summed E-state index contributed by atoms with van der Waals surface area (Å²) < 4.78 is 5.46.